The number of halogens is 2. The van der Waals surface area contributed by atoms with E-state index in [9.17, 15) is 23.7 Å². The third-order valence-electron chi connectivity index (χ3n) is 4.56. The van der Waals surface area contributed by atoms with Crippen LogP contribution in [-0.4, -0.2) is 56.6 Å². The van der Waals surface area contributed by atoms with Crippen LogP contribution in [0.3, 0.4) is 0 Å². The molecule has 3 rings (SSSR count). The van der Waals surface area contributed by atoms with Crippen molar-refractivity contribution in [2.45, 2.75) is 26.4 Å². The van der Waals surface area contributed by atoms with Crippen LogP contribution in [0.4, 0.5) is 14.5 Å². The Balaban J connectivity index is 1.61. The van der Waals surface area contributed by atoms with Crippen molar-refractivity contribution >= 4 is 11.6 Å². The molecular formula is C16H19F2N5O4. The molecule has 0 N–H and O–H groups in total. The highest BCUT2D eigenvalue weighted by Crippen LogP contribution is 2.30. The summed E-state index contributed by atoms with van der Waals surface area (Å²) in [4.78, 5) is 26.4. The first-order valence-electron chi connectivity index (χ1n) is 8.39. The molecule has 0 bridgehead atoms. The van der Waals surface area contributed by atoms with E-state index in [2.05, 4.69) is 10.00 Å². The normalized spacial score (nSPS) is 15.5. The Kier molecular flexibility index (Phi) is 5.49. The van der Waals surface area contributed by atoms with Gasteiger partial charge in [0.25, 0.3) is 6.43 Å². The summed E-state index contributed by atoms with van der Waals surface area (Å²) in [6, 6.07) is 3.69. The zero-order valence-electron chi connectivity index (χ0n) is 14.7. The van der Waals surface area contributed by atoms with Gasteiger partial charge in [0.15, 0.2) is 0 Å². The van der Waals surface area contributed by atoms with Crippen LogP contribution in [0.2, 0.25) is 0 Å². The highest BCUT2D eigenvalue weighted by atomic mass is 19.3. The second kappa shape index (κ2) is 7.82. The lowest BCUT2D eigenvalue weighted by molar-refractivity contribution is -0.386. The highest BCUT2D eigenvalue weighted by Gasteiger charge is 2.32. The number of nitro groups is 1. The number of amides is 1. The van der Waals surface area contributed by atoms with Crippen LogP contribution >= 0.6 is 0 Å². The molecule has 0 unspecified atom stereocenters. The van der Waals surface area contributed by atoms with Crippen molar-refractivity contribution in [2.24, 2.45) is 0 Å². The van der Waals surface area contributed by atoms with E-state index in [0.29, 0.717) is 32.7 Å². The van der Waals surface area contributed by atoms with Crippen molar-refractivity contribution in [3.63, 3.8) is 0 Å². The van der Waals surface area contributed by atoms with E-state index in [1.807, 2.05) is 12.1 Å². The van der Waals surface area contributed by atoms with Gasteiger partial charge < -0.3 is 9.32 Å². The molecular weight excluding hydrogens is 364 g/mol. The van der Waals surface area contributed by atoms with Crippen LogP contribution in [0, 0.1) is 17.0 Å². The Bertz CT molecular complexity index is 813. The first-order valence-corrected chi connectivity index (χ1v) is 8.39. The summed E-state index contributed by atoms with van der Waals surface area (Å²) >= 11 is 0. The lowest BCUT2D eigenvalue weighted by atomic mass is 10.3. The van der Waals surface area contributed by atoms with Gasteiger partial charge in [-0.25, -0.2) is 8.78 Å². The number of rotatable bonds is 6. The van der Waals surface area contributed by atoms with Gasteiger partial charge in [0.2, 0.25) is 11.6 Å². The summed E-state index contributed by atoms with van der Waals surface area (Å²) in [5.41, 5.74) is -1.70. The van der Waals surface area contributed by atoms with Crippen LogP contribution in [0.1, 0.15) is 23.6 Å². The zero-order chi connectivity index (χ0) is 19.6. The first-order chi connectivity index (χ1) is 12.9. The fourth-order valence-electron chi connectivity index (χ4n) is 3.09. The van der Waals surface area contributed by atoms with Gasteiger partial charge in [-0.05, 0) is 19.1 Å². The molecule has 0 atom stereocenters. The smallest absolute Gasteiger partial charge is 0.319 e. The molecule has 0 spiro atoms. The second-order valence-corrected chi connectivity index (χ2v) is 6.27. The summed E-state index contributed by atoms with van der Waals surface area (Å²) in [6.45, 7) is 3.90. The van der Waals surface area contributed by atoms with E-state index in [4.69, 9.17) is 4.42 Å². The lowest BCUT2D eigenvalue weighted by Gasteiger charge is -2.34. The minimum atomic E-state index is -3.08. The molecule has 9 nitrogen and oxygen atoms in total. The molecule has 3 heterocycles. The van der Waals surface area contributed by atoms with E-state index in [0.717, 1.165) is 10.4 Å². The van der Waals surface area contributed by atoms with E-state index in [1.165, 1.54) is 6.92 Å². The standard InChI is InChI=1S/C16H19F2N5O4/c1-11-15(23(25)26)14(16(17)18)19-22(11)10-13(24)21-6-4-20(5-7-21)9-12-3-2-8-27-12/h2-3,8,16H,4-7,9-10H2,1H3. The predicted octanol–water partition coefficient (Wildman–Crippen LogP) is 1.97. The van der Waals surface area contributed by atoms with Crippen molar-refractivity contribution < 1.29 is 22.9 Å². The number of nitrogens with zero attached hydrogens (tertiary/aromatic N) is 5. The quantitative estimate of drug-likeness (QED) is 0.559. The van der Waals surface area contributed by atoms with Gasteiger partial charge in [-0.15, -0.1) is 0 Å². The first kappa shape index (κ1) is 19.0. The third kappa shape index (κ3) is 4.13. The molecule has 0 aliphatic carbocycles. The molecule has 0 saturated carbocycles. The Labute approximate surface area is 153 Å². The van der Waals surface area contributed by atoms with Gasteiger partial charge >= 0.3 is 5.69 Å². The zero-order valence-corrected chi connectivity index (χ0v) is 14.7. The van der Waals surface area contributed by atoms with Crippen molar-refractivity contribution in [1.82, 2.24) is 19.6 Å². The fourth-order valence-corrected chi connectivity index (χ4v) is 3.09. The maximum atomic E-state index is 13.0. The molecule has 2 aromatic rings. The number of aromatic nitrogens is 2. The molecule has 0 aromatic carbocycles. The Morgan fingerprint density at radius 2 is 2.07 bits per heavy atom. The number of hydrogen-bond acceptors (Lipinski definition) is 6. The summed E-state index contributed by atoms with van der Waals surface area (Å²) in [5.74, 6) is 0.530. The maximum absolute atomic E-state index is 13.0. The van der Waals surface area contributed by atoms with Crippen LogP contribution < -0.4 is 0 Å². The average molecular weight is 383 g/mol. The van der Waals surface area contributed by atoms with Crippen LogP contribution in [0.25, 0.3) is 0 Å². The fraction of sp³-hybridized carbons (Fsp3) is 0.500. The molecule has 27 heavy (non-hydrogen) atoms. The highest BCUT2D eigenvalue weighted by molar-refractivity contribution is 5.76. The molecule has 1 fully saturated rings. The number of furan rings is 1. The van der Waals surface area contributed by atoms with E-state index < -0.39 is 22.7 Å². The number of piperazine rings is 1. The SMILES string of the molecule is Cc1c([N+](=O)[O-])c(C(F)F)nn1CC(=O)N1CCN(Cc2ccco2)CC1. The largest absolute Gasteiger partial charge is 0.468 e. The van der Waals surface area contributed by atoms with E-state index in [1.54, 1.807) is 11.2 Å². The van der Waals surface area contributed by atoms with Crippen LogP contribution in [0.5, 0.6) is 0 Å². The van der Waals surface area contributed by atoms with Gasteiger partial charge in [-0.3, -0.25) is 24.5 Å². The van der Waals surface area contributed by atoms with E-state index in [-0.39, 0.29) is 18.1 Å². The molecule has 0 radical (unpaired) electrons. The summed E-state index contributed by atoms with van der Waals surface area (Å²) in [7, 11) is 0. The molecule has 1 amide bonds. The maximum Gasteiger partial charge on any atom is 0.319 e. The Morgan fingerprint density at radius 1 is 1.37 bits per heavy atom. The minimum Gasteiger partial charge on any atom is -0.468 e. The van der Waals surface area contributed by atoms with Crippen LogP contribution in [0.15, 0.2) is 22.8 Å². The molecule has 11 heteroatoms. The summed E-state index contributed by atoms with van der Waals surface area (Å²) in [5, 5.41) is 14.6. The second-order valence-electron chi connectivity index (χ2n) is 6.27. The van der Waals surface area contributed by atoms with Gasteiger partial charge in [0.05, 0.1) is 17.7 Å². The van der Waals surface area contributed by atoms with Crippen molar-refractivity contribution in [2.75, 3.05) is 26.2 Å². The van der Waals surface area contributed by atoms with Crippen molar-refractivity contribution in [3.8, 4) is 0 Å². The van der Waals surface area contributed by atoms with E-state index >= 15 is 0 Å². The monoisotopic (exact) mass is 383 g/mol. The topological polar surface area (TPSA) is 97.6 Å². The molecule has 146 valence electrons. The minimum absolute atomic E-state index is 0.0555. The number of carbonyl (C=O) groups excluding carboxylic acids is 1. The van der Waals surface area contributed by atoms with Crippen molar-refractivity contribution in [1.29, 1.82) is 0 Å². The molecule has 1 saturated heterocycles. The predicted molar refractivity (Wildman–Crippen MR) is 89.1 cm³/mol. The number of carbonyl (C=O) groups is 1. The number of alkyl halides is 2. The van der Waals surface area contributed by atoms with Crippen LogP contribution in [-0.2, 0) is 17.9 Å². The van der Waals surface area contributed by atoms with Crippen molar-refractivity contribution in [3.05, 3.63) is 45.7 Å². The third-order valence-corrected chi connectivity index (χ3v) is 4.56. The Hall–Kier alpha value is -2.82. The molecule has 1 aliphatic rings. The average Bonchev–Trinajstić information content (AvgIpc) is 3.24. The number of hydrogen-bond donors (Lipinski definition) is 0. The molecule has 2 aromatic heterocycles. The Morgan fingerprint density at radius 3 is 2.59 bits per heavy atom. The van der Waals surface area contributed by atoms with Gasteiger partial charge in [-0.1, -0.05) is 0 Å². The molecule has 1 aliphatic heterocycles. The van der Waals surface area contributed by atoms with Gasteiger partial charge in [-0.2, -0.15) is 5.10 Å². The lowest BCUT2D eigenvalue weighted by Crippen LogP contribution is -2.49. The summed E-state index contributed by atoms with van der Waals surface area (Å²) in [6.07, 6.45) is -1.47. The summed E-state index contributed by atoms with van der Waals surface area (Å²) < 4.78 is 32.3. The van der Waals surface area contributed by atoms with Gasteiger partial charge in [0, 0.05) is 26.2 Å². The van der Waals surface area contributed by atoms with Gasteiger partial charge in [0.1, 0.15) is 18.0 Å².